The molecule has 2 rings (SSSR count). The predicted molar refractivity (Wildman–Crippen MR) is 64.1 cm³/mol. The second-order valence-corrected chi connectivity index (χ2v) is 4.48. The monoisotopic (exact) mass is 239 g/mol. The molecule has 1 aromatic heterocycles. The van der Waals surface area contributed by atoms with Gasteiger partial charge in [0.05, 0.1) is 5.75 Å². The third kappa shape index (κ3) is 2.94. The van der Waals surface area contributed by atoms with Gasteiger partial charge >= 0.3 is 0 Å². The summed E-state index contributed by atoms with van der Waals surface area (Å²) in [5.74, 6) is 1.65. The molecule has 2 nitrogen and oxygen atoms in total. The fourth-order valence-electron chi connectivity index (χ4n) is 1.15. The largest absolute Gasteiger partial charge is 0.449 e. The summed E-state index contributed by atoms with van der Waals surface area (Å²) < 4.78 is 5.25. The molecular weight excluding hydrogens is 230 g/mol. The van der Waals surface area contributed by atoms with Gasteiger partial charge in [-0.05, 0) is 48.0 Å². The molecule has 0 spiro atoms. The number of nitrogens with two attached hydrogens (primary N) is 1. The van der Waals surface area contributed by atoms with Crippen LogP contribution in [-0.4, -0.2) is 0 Å². The van der Waals surface area contributed by atoms with E-state index in [1.165, 1.54) is 0 Å². The van der Waals surface area contributed by atoms with Crippen molar-refractivity contribution < 1.29 is 4.42 Å². The van der Waals surface area contributed by atoms with E-state index in [0.717, 1.165) is 22.1 Å². The summed E-state index contributed by atoms with van der Waals surface area (Å²) in [6, 6.07) is 11.4. The summed E-state index contributed by atoms with van der Waals surface area (Å²) in [5.41, 5.74) is 6.37. The molecule has 2 N–H and O–H groups in total. The standard InChI is InChI=1S/C11H10ClNOS/c12-11-6-3-9(14-11)7-15-10-4-1-8(13)2-5-10/h1-6H,7,13H2. The topological polar surface area (TPSA) is 39.2 Å². The van der Waals surface area contributed by atoms with Crippen LogP contribution in [-0.2, 0) is 5.75 Å². The lowest BCUT2D eigenvalue weighted by Gasteiger charge is -1.99. The Balaban J connectivity index is 1.96. The Kier molecular flexibility index (Phi) is 3.23. The third-order valence-corrected chi connectivity index (χ3v) is 3.13. The molecule has 1 heterocycles. The van der Waals surface area contributed by atoms with E-state index in [2.05, 4.69) is 0 Å². The number of anilines is 1. The van der Waals surface area contributed by atoms with E-state index in [0.29, 0.717) is 5.22 Å². The van der Waals surface area contributed by atoms with Gasteiger partial charge in [-0.1, -0.05) is 0 Å². The van der Waals surface area contributed by atoms with Gasteiger partial charge in [-0.25, -0.2) is 0 Å². The summed E-state index contributed by atoms with van der Waals surface area (Å²) in [6.07, 6.45) is 0. The fourth-order valence-corrected chi connectivity index (χ4v) is 2.10. The average molecular weight is 240 g/mol. The first-order valence-electron chi connectivity index (χ1n) is 4.46. The molecular formula is C11H10ClNOS. The third-order valence-electron chi connectivity index (χ3n) is 1.89. The van der Waals surface area contributed by atoms with Crippen molar-refractivity contribution in [2.45, 2.75) is 10.6 Å². The van der Waals surface area contributed by atoms with E-state index in [9.17, 15) is 0 Å². The van der Waals surface area contributed by atoms with Crippen LogP contribution in [0.2, 0.25) is 5.22 Å². The summed E-state index contributed by atoms with van der Waals surface area (Å²) >= 11 is 7.36. The fraction of sp³-hybridized carbons (Fsp3) is 0.0909. The van der Waals surface area contributed by atoms with E-state index < -0.39 is 0 Å². The van der Waals surface area contributed by atoms with Crippen LogP contribution in [0.25, 0.3) is 0 Å². The van der Waals surface area contributed by atoms with Crippen molar-refractivity contribution in [3.63, 3.8) is 0 Å². The maximum absolute atomic E-state index is 5.67. The number of nitrogen functional groups attached to an aromatic ring is 1. The van der Waals surface area contributed by atoms with Crippen LogP contribution in [0.4, 0.5) is 5.69 Å². The smallest absolute Gasteiger partial charge is 0.193 e. The van der Waals surface area contributed by atoms with Crippen molar-refractivity contribution in [1.82, 2.24) is 0 Å². The first-order chi connectivity index (χ1) is 7.24. The van der Waals surface area contributed by atoms with Crippen LogP contribution in [0, 0.1) is 0 Å². The van der Waals surface area contributed by atoms with Crippen molar-refractivity contribution in [2.75, 3.05) is 5.73 Å². The number of thioether (sulfide) groups is 1. The van der Waals surface area contributed by atoms with Gasteiger partial charge in [0.15, 0.2) is 5.22 Å². The Hall–Kier alpha value is -1.06. The summed E-state index contributed by atoms with van der Waals surface area (Å²) in [5, 5.41) is 0.433. The number of rotatable bonds is 3. The molecule has 2 aromatic rings. The average Bonchev–Trinajstić information content (AvgIpc) is 2.64. The van der Waals surface area contributed by atoms with Crippen LogP contribution in [0.15, 0.2) is 45.7 Å². The van der Waals surface area contributed by atoms with Crippen molar-refractivity contribution >= 4 is 29.1 Å². The van der Waals surface area contributed by atoms with Crippen LogP contribution >= 0.6 is 23.4 Å². The van der Waals surface area contributed by atoms with Gasteiger partial charge in [0.25, 0.3) is 0 Å². The highest BCUT2D eigenvalue weighted by atomic mass is 35.5. The van der Waals surface area contributed by atoms with Gasteiger partial charge in [0.2, 0.25) is 0 Å². The molecule has 0 aliphatic carbocycles. The molecule has 78 valence electrons. The lowest BCUT2D eigenvalue weighted by molar-refractivity contribution is 0.532. The molecule has 0 saturated carbocycles. The summed E-state index contributed by atoms with van der Waals surface area (Å²) in [7, 11) is 0. The normalized spacial score (nSPS) is 10.5. The minimum absolute atomic E-state index is 0.433. The Morgan fingerprint density at radius 3 is 2.47 bits per heavy atom. The molecule has 0 bridgehead atoms. The SMILES string of the molecule is Nc1ccc(SCc2ccc(Cl)o2)cc1. The van der Waals surface area contributed by atoms with Crippen molar-refractivity contribution in [3.05, 3.63) is 47.4 Å². The lowest BCUT2D eigenvalue weighted by atomic mass is 10.3. The maximum Gasteiger partial charge on any atom is 0.193 e. The number of hydrogen-bond donors (Lipinski definition) is 1. The Morgan fingerprint density at radius 1 is 1.13 bits per heavy atom. The van der Waals surface area contributed by atoms with E-state index in [1.807, 2.05) is 30.3 Å². The summed E-state index contributed by atoms with van der Waals surface area (Å²) in [4.78, 5) is 1.16. The van der Waals surface area contributed by atoms with Gasteiger partial charge in [-0.15, -0.1) is 11.8 Å². The minimum Gasteiger partial charge on any atom is -0.449 e. The maximum atomic E-state index is 5.67. The van der Waals surface area contributed by atoms with Gasteiger partial charge in [0, 0.05) is 10.6 Å². The quantitative estimate of drug-likeness (QED) is 0.654. The van der Waals surface area contributed by atoms with Crippen LogP contribution in [0.5, 0.6) is 0 Å². The zero-order valence-electron chi connectivity index (χ0n) is 7.94. The van der Waals surface area contributed by atoms with Crippen LogP contribution in [0.3, 0.4) is 0 Å². The molecule has 0 aliphatic rings. The highest BCUT2D eigenvalue weighted by molar-refractivity contribution is 7.98. The molecule has 0 aliphatic heterocycles. The van der Waals surface area contributed by atoms with Crippen LogP contribution < -0.4 is 5.73 Å². The van der Waals surface area contributed by atoms with E-state index in [4.69, 9.17) is 21.8 Å². The predicted octanol–water partition coefficient (Wildman–Crippen LogP) is 3.81. The van der Waals surface area contributed by atoms with E-state index >= 15 is 0 Å². The second-order valence-electron chi connectivity index (χ2n) is 3.06. The number of furan rings is 1. The molecule has 0 unspecified atom stereocenters. The molecule has 0 amide bonds. The molecule has 0 radical (unpaired) electrons. The van der Waals surface area contributed by atoms with Crippen LogP contribution in [0.1, 0.15) is 5.76 Å². The molecule has 1 aromatic carbocycles. The lowest BCUT2D eigenvalue weighted by Crippen LogP contribution is -1.82. The number of halogens is 1. The van der Waals surface area contributed by atoms with Crippen molar-refractivity contribution in [2.24, 2.45) is 0 Å². The molecule has 0 saturated heterocycles. The summed E-state index contributed by atoms with van der Waals surface area (Å²) in [6.45, 7) is 0. The van der Waals surface area contributed by atoms with Gasteiger partial charge < -0.3 is 10.2 Å². The van der Waals surface area contributed by atoms with Gasteiger partial charge in [0.1, 0.15) is 5.76 Å². The Labute approximate surface area is 97.4 Å². The molecule has 0 fully saturated rings. The Morgan fingerprint density at radius 2 is 1.87 bits per heavy atom. The van der Waals surface area contributed by atoms with Crippen molar-refractivity contribution in [3.8, 4) is 0 Å². The Bertz CT molecular complexity index is 438. The highest BCUT2D eigenvalue weighted by Crippen LogP contribution is 2.25. The molecule has 0 atom stereocenters. The number of benzene rings is 1. The molecule has 15 heavy (non-hydrogen) atoms. The first kappa shape index (κ1) is 10.5. The zero-order valence-corrected chi connectivity index (χ0v) is 9.52. The molecule has 4 heteroatoms. The van der Waals surface area contributed by atoms with Gasteiger partial charge in [-0.2, -0.15) is 0 Å². The minimum atomic E-state index is 0.433. The van der Waals surface area contributed by atoms with E-state index in [1.54, 1.807) is 17.8 Å². The second kappa shape index (κ2) is 4.64. The van der Waals surface area contributed by atoms with Gasteiger partial charge in [-0.3, -0.25) is 0 Å². The highest BCUT2D eigenvalue weighted by Gasteiger charge is 2.00. The zero-order chi connectivity index (χ0) is 10.7. The van der Waals surface area contributed by atoms with Crippen molar-refractivity contribution in [1.29, 1.82) is 0 Å². The first-order valence-corrected chi connectivity index (χ1v) is 5.83. The number of hydrogen-bond acceptors (Lipinski definition) is 3. The van der Waals surface area contributed by atoms with E-state index in [-0.39, 0.29) is 0 Å².